The summed E-state index contributed by atoms with van der Waals surface area (Å²) in [5.41, 5.74) is 1.72. The van der Waals surface area contributed by atoms with Gasteiger partial charge >= 0.3 is 0 Å². The lowest BCUT2D eigenvalue weighted by atomic mass is 9.96. The quantitative estimate of drug-likeness (QED) is 0.916. The first-order valence-corrected chi connectivity index (χ1v) is 9.66. The summed E-state index contributed by atoms with van der Waals surface area (Å²) in [6.45, 7) is 2.96. The molecule has 2 aliphatic rings. The fourth-order valence-corrected chi connectivity index (χ4v) is 4.28. The normalized spacial score (nSPS) is 22.7. The molecule has 2 aromatic rings. The van der Waals surface area contributed by atoms with Crippen molar-refractivity contribution in [3.8, 4) is 0 Å². The van der Waals surface area contributed by atoms with Crippen LogP contribution in [0.25, 0.3) is 0 Å². The number of aromatic amines is 1. The van der Waals surface area contributed by atoms with E-state index in [1.54, 1.807) is 12.4 Å². The smallest absolute Gasteiger partial charge is 0.272 e. The highest BCUT2D eigenvalue weighted by Crippen LogP contribution is 2.32. The molecule has 0 radical (unpaired) electrons. The molecule has 1 N–H and O–H groups in total. The number of carbonyl (C=O) groups is 1. The Hall–Kier alpha value is -2.15. The number of carbonyl (C=O) groups excluding carboxylic acids is 1. The molecule has 0 spiro atoms. The lowest BCUT2D eigenvalue weighted by Crippen LogP contribution is -2.39. The number of hydrogen-bond donors (Lipinski definition) is 1. The number of aromatic nitrogens is 4. The lowest BCUT2D eigenvalue weighted by Gasteiger charge is -2.35. The van der Waals surface area contributed by atoms with Gasteiger partial charge in [-0.25, -0.2) is 4.98 Å². The summed E-state index contributed by atoms with van der Waals surface area (Å²) in [7, 11) is 4.10. The van der Waals surface area contributed by atoms with Gasteiger partial charge in [0.15, 0.2) is 0 Å². The predicted octanol–water partition coefficient (Wildman–Crippen LogP) is 2.32. The number of nitrogens with zero attached hydrogens (tertiary/aromatic N) is 5. The van der Waals surface area contributed by atoms with Crippen LogP contribution in [0.15, 0.2) is 18.5 Å². The molecule has 4 heterocycles. The highest BCUT2D eigenvalue weighted by Gasteiger charge is 2.31. The molecule has 1 atom stereocenters. The van der Waals surface area contributed by atoms with E-state index in [0.29, 0.717) is 11.6 Å². The van der Waals surface area contributed by atoms with Crippen LogP contribution in [0, 0.1) is 0 Å². The van der Waals surface area contributed by atoms with E-state index >= 15 is 0 Å². The Morgan fingerprint density at radius 2 is 1.96 bits per heavy atom. The summed E-state index contributed by atoms with van der Waals surface area (Å²) in [6.07, 6.45) is 8.91. The number of likely N-dealkylation sites (tertiary alicyclic amines) is 2. The first kappa shape index (κ1) is 17.3. The highest BCUT2D eigenvalue weighted by molar-refractivity contribution is 5.92. The second-order valence-electron chi connectivity index (χ2n) is 7.65. The third-order valence-electron chi connectivity index (χ3n) is 5.90. The Labute approximate surface area is 154 Å². The first-order chi connectivity index (χ1) is 12.6. The third-order valence-corrected chi connectivity index (χ3v) is 5.90. The number of nitrogens with one attached hydrogen (secondary N) is 1. The maximum atomic E-state index is 13.2. The van der Waals surface area contributed by atoms with Crippen molar-refractivity contribution >= 4 is 5.91 Å². The molecule has 7 nitrogen and oxygen atoms in total. The van der Waals surface area contributed by atoms with E-state index in [0.717, 1.165) is 63.3 Å². The molecule has 0 aliphatic carbocycles. The van der Waals surface area contributed by atoms with Crippen molar-refractivity contribution in [3.05, 3.63) is 35.7 Å². The fourth-order valence-electron chi connectivity index (χ4n) is 4.28. The number of aryl methyl sites for hydroxylation is 1. The topological polar surface area (TPSA) is 70.1 Å². The summed E-state index contributed by atoms with van der Waals surface area (Å²) in [6, 6.07) is 2.12. The van der Waals surface area contributed by atoms with Crippen LogP contribution < -0.4 is 0 Å². The zero-order valence-electron chi connectivity index (χ0n) is 15.7. The molecule has 1 unspecified atom stereocenters. The number of piperidine rings is 2. The average molecular weight is 356 g/mol. The summed E-state index contributed by atoms with van der Waals surface area (Å²) in [4.78, 5) is 25.4. The van der Waals surface area contributed by atoms with Crippen LogP contribution in [-0.4, -0.2) is 62.1 Å². The van der Waals surface area contributed by atoms with Crippen LogP contribution in [0.3, 0.4) is 0 Å². The SMILES string of the molecule is CN1CCC(c2ncc(C(=O)N3CCCCC3c3ccnn3C)[nH]2)CC1. The average Bonchev–Trinajstić information content (AvgIpc) is 3.31. The standard InChI is InChI=1S/C19H28N6O/c1-23-11-7-14(8-12-23)18-20-13-15(22-18)19(26)25-10-4-3-5-17(25)16-6-9-21-24(16)2/h6,9,13-14,17H,3-5,7-8,10-12H2,1-2H3,(H,20,22). The maximum Gasteiger partial charge on any atom is 0.272 e. The van der Waals surface area contributed by atoms with Gasteiger partial charge in [-0.3, -0.25) is 9.48 Å². The molecule has 4 rings (SSSR count). The Balaban J connectivity index is 1.52. The van der Waals surface area contributed by atoms with Gasteiger partial charge in [0.05, 0.1) is 17.9 Å². The maximum absolute atomic E-state index is 13.2. The minimum Gasteiger partial charge on any atom is -0.338 e. The number of H-pyrrole nitrogens is 1. The molecule has 0 saturated carbocycles. The van der Waals surface area contributed by atoms with Gasteiger partial charge in [-0.2, -0.15) is 5.10 Å². The van der Waals surface area contributed by atoms with E-state index in [9.17, 15) is 4.79 Å². The lowest BCUT2D eigenvalue weighted by molar-refractivity contribution is 0.0595. The molecule has 0 aromatic carbocycles. The first-order valence-electron chi connectivity index (χ1n) is 9.66. The van der Waals surface area contributed by atoms with Gasteiger partial charge in [0.1, 0.15) is 11.5 Å². The van der Waals surface area contributed by atoms with E-state index in [1.807, 2.05) is 22.7 Å². The molecule has 2 fully saturated rings. The van der Waals surface area contributed by atoms with E-state index in [1.165, 1.54) is 0 Å². The molecule has 2 aromatic heterocycles. The molecule has 26 heavy (non-hydrogen) atoms. The molecule has 7 heteroatoms. The molecular formula is C19H28N6O. The molecule has 1 amide bonds. The van der Waals surface area contributed by atoms with Crippen LogP contribution in [0.4, 0.5) is 0 Å². The van der Waals surface area contributed by atoms with Gasteiger partial charge in [0.25, 0.3) is 5.91 Å². The second-order valence-corrected chi connectivity index (χ2v) is 7.65. The van der Waals surface area contributed by atoms with Gasteiger partial charge in [0.2, 0.25) is 0 Å². The van der Waals surface area contributed by atoms with E-state index in [2.05, 4.69) is 27.0 Å². The number of hydrogen-bond acceptors (Lipinski definition) is 4. The van der Waals surface area contributed by atoms with Crippen LogP contribution in [0.1, 0.15) is 66.1 Å². The molecule has 140 valence electrons. The van der Waals surface area contributed by atoms with Gasteiger partial charge in [0, 0.05) is 25.7 Å². The minimum absolute atomic E-state index is 0.0579. The zero-order valence-corrected chi connectivity index (χ0v) is 15.7. The minimum atomic E-state index is 0.0579. The zero-order chi connectivity index (χ0) is 18.1. The van der Waals surface area contributed by atoms with Gasteiger partial charge < -0.3 is 14.8 Å². The number of rotatable bonds is 3. The van der Waals surface area contributed by atoms with E-state index in [-0.39, 0.29) is 11.9 Å². The van der Waals surface area contributed by atoms with Crippen molar-refractivity contribution in [2.45, 2.75) is 44.1 Å². The molecule has 2 aliphatic heterocycles. The Morgan fingerprint density at radius 3 is 2.69 bits per heavy atom. The van der Waals surface area contributed by atoms with Crippen LogP contribution in [0.2, 0.25) is 0 Å². The third kappa shape index (κ3) is 3.28. The Morgan fingerprint density at radius 1 is 1.15 bits per heavy atom. The molecule has 2 saturated heterocycles. The van der Waals surface area contributed by atoms with Gasteiger partial charge in [-0.15, -0.1) is 0 Å². The van der Waals surface area contributed by atoms with Gasteiger partial charge in [-0.05, 0) is 58.3 Å². The number of imidazole rings is 1. The summed E-state index contributed by atoms with van der Waals surface area (Å²) in [5, 5.41) is 4.28. The summed E-state index contributed by atoms with van der Waals surface area (Å²) >= 11 is 0. The fraction of sp³-hybridized carbons (Fsp3) is 0.632. The van der Waals surface area contributed by atoms with Crippen LogP contribution in [-0.2, 0) is 7.05 Å². The van der Waals surface area contributed by atoms with Crippen LogP contribution in [0.5, 0.6) is 0 Å². The Bertz CT molecular complexity index is 758. The van der Waals surface area contributed by atoms with Crippen molar-refractivity contribution in [1.29, 1.82) is 0 Å². The van der Waals surface area contributed by atoms with E-state index < -0.39 is 0 Å². The number of amides is 1. The summed E-state index contributed by atoms with van der Waals surface area (Å²) < 4.78 is 1.88. The van der Waals surface area contributed by atoms with Crippen molar-refractivity contribution in [2.75, 3.05) is 26.7 Å². The monoisotopic (exact) mass is 356 g/mol. The summed E-state index contributed by atoms with van der Waals surface area (Å²) in [5.74, 6) is 1.46. The second kappa shape index (κ2) is 7.23. The molecular weight excluding hydrogens is 328 g/mol. The van der Waals surface area contributed by atoms with Crippen molar-refractivity contribution in [1.82, 2.24) is 29.5 Å². The van der Waals surface area contributed by atoms with Crippen molar-refractivity contribution in [3.63, 3.8) is 0 Å². The highest BCUT2D eigenvalue weighted by atomic mass is 16.2. The Kier molecular flexibility index (Phi) is 4.80. The van der Waals surface area contributed by atoms with Gasteiger partial charge in [-0.1, -0.05) is 0 Å². The van der Waals surface area contributed by atoms with Crippen molar-refractivity contribution < 1.29 is 4.79 Å². The largest absolute Gasteiger partial charge is 0.338 e. The van der Waals surface area contributed by atoms with Crippen molar-refractivity contribution in [2.24, 2.45) is 7.05 Å². The predicted molar refractivity (Wildman–Crippen MR) is 98.9 cm³/mol. The van der Waals surface area contributed by atoms with Crippen LogP contribution >= 0.6 is 0 Å². The van der Waals surface area contributed by atoms with E-state index in [4.69, 9.17) is 0 Å². The molecule has 0 bridgehead atoms.